The van der Waals surface area contributed by atoms with Crippen LogP contribution < -0.4 is 25.0 Å². The van der Waals surface area contributed by atoms with Crippen LogP contribution in [0.4, 0.5) is 5.69 Å². The summed E-state index contributed by atoms with van der Waals surface area (Å²) in [6, 6.07) is 6.48. The van der Waals surface area contributed by atoms with Crippen molar-refractivity contribution in [3.63, 3.8) is 0 Å². The molecule has 2 N–H and O–H groups in total. The maximum Gasteiger partial charge on any atom is 0.191 e. The van der Waals surface area contributed by atoms with Crippen LogP contribution in [0.5, 0.6) is 11.5 Å². The smallest absolute Gasteiger partial charge is 0.191 e. The highest BCUT2D eigenvalue weighted by molar-refractivity contribution is 14.0. The first-order chi connectivity index (χ1) is 13.7. The fourth-order valence-corrected chi connectivity index (χ4v) is 3.87. The molecule has 0 spiro atoms. The number of methoxy groups -OCH3 is 2. The van der Waals surface area contributed by atoms with Crippen molar-refractivity contribution in [2.24, 2.45) is 4.99 Å². The van der Waals surface area contributed by atoms with Crippen molar-refractivity contribution >= 4 is 35.6 Å². The Balaban J connectivity index is 0.00000300. The van der Waals surface area contributed by atoms with Crippen molar-refractivity contribution in [3.8, 4) is 11.5 Å². The predicted octanol–water partition coefficient (Wildman–Crippen LogP) is 3.02. The Bertz CT molecular complexity index is 623. The van der Waals surface area contributed by atoms with Gasteiger partial charge in [0.2, 0.25) is 0 Å². The Hall–Kier alpha value is -1.42. The molecule has 3 rings (SSSR count). The summed E-state index contributed by atoms with van der Waals surface area (Å²) >= 11 is 0. The fourth-order valence-electron chi connectivity index (χ4n) is 3.87. The number of piperidine rings is 1. The van der Waals surface area contributed by atoms with Crippen molar-refractivity contribution in [1.29, 1.82) is 0 Å². The summed E-state index contributed by atoms with van der Waals surface area (Å²) in [5.74, 6) is 2.54. The van der Waals surface area contributed by atoms with Gasteiger partial charge in [0.05, 0.1) is 20.3 Å². The Morgan fingerprint density at radius 2 is 1.83 bits per heavy atom. The van der Waals surface area contributed by atoms with Gasteiger partial charge in [-0.15, -0.1) is 24.0 Å². The molecule has 0 aliphatic carbocycles. The van der Waals surface area contributed by atoms with E-state index in [1.54, 1.807) is 14.2 Å². The van der Waals surface area contributed by atoms with E-state index in [2.05, 4.69) is 32.7 Å². The average molecular weight is 518 g/mol. The van der Waals surface area contributed by atoms with E-state index >= 15 is 0 Å². The third-order valence-corrected chi connectivity index (χ3v) is 5.54. The molecule has 8 heteroatoms. The van der Waals surface area contributed by atoms with E-state index in [1.807, 2.05) is 13.1 Å². The van der Waals surface area contributed by atoms with Crippen LogP contribution >= 0.6 is 24.0 Å². The zero-order valence-corrected chi connectivity index (χ0v) is 20.1. The SMILES string of the molecule is CN=C(NCCC1CCCO1)NC1CCN(c2cc(OC)cc(OC)c2)CC1.I. The Morgan fingerprint density at radius 3 is 2.38 bits per heavy atom. The van der Waals surface area contributed by atoms with Crippen molar-refractivity contribution in [2.45, 2.75) is 44.2 Å². The second kappa shape index (κ2) is 12.3. The number of guanidine groups is 1. The molecule has 2 fully saturated rings. The van der Waals surface area contributed by atoms with E-state index < -0.39 is 0 Å². The topological polar surface area (TPSA) is 67.4 Å². The molecule has 2 saturated heterocycles. The highest BCUT2D eigenvalue weighted by atomic mass is 127. The third-order valence-electron chi connectivity index (χ3n) is 5.54. The van der Waals surface area contributed by atoms with Crippen molar-refractivity contribution < 1.29 is 14.2 Å². The zero-order valence-electron chi connectivity index (χ0n) is 17.8. The molecule has 1 aromatic rings. The van der Waals surface area contributed by atoms with E-state index in [0.29, 0.717) is 12.1 Å². The molecule has 1 unspecified atom stereocenters. The predicted molar refractivity (Wildman–Crippen MR) is 128 cm³/mol. The minimum absolute atomic E-state index is 0. The highest BCUT2D eigenvalue weighted by Gasteiger charge is 2.21. The minimum Gasteiger partial charge on any atom is -0.497 e. The third kappa shape index (κ3) is 7.09. The van der Waals surface area contributed by atoms with Gasteiger partial charge < -0.3 is 29.7 Å². The highest BCUT2D eigenvalue weighted by Crippen LogP contribution is 2.30. The lowest BCUT2D eigenvalue weighted by Crippen LogP contribution is -2.49. The Labute approximate surface area is 191 Å². The number of nitrogens with zero attached hydrogens (tertiary/aromatic N) is 2. The molecular formula is C21H35IN4O3. The lowest BCUT2D eigenvalue weighted by Gasteiger charge is -2.34. The lowest BCUT2D eigenvalue weighted by molar-refractivity contribution is 0.105. The maximum absolute atomic E-state index is 5.68. The monoisotopic (exact) mass is 518 g/mol. The molecule has 164 valence electrons. The van der Waals surface area contributed by atoms with E-state index in [-0.39, 0.29) is 24.0 Å². The first kappa shape index (κ1) is 23.9. The van der Waals surface area contributed by atoms with E-state index in [1.165, 1.54) is 12.8 Å². The van der Waals surface area contributed by atoms with Crippen molar-refractivity contribution in [3.05, 3.63) is 18.2 Å². The second-order valence-electron chi connectivity index (χ2n) is 7.40. The van der Waals surface area contributed by atoms with Gasteiger partial charge in [-0.3, -0.25) is 4.99 Å². The maximum atomic E-state index is 5.68. The van der Waals surface area contributed by atoms with Gasteiger partial charge in [-0.25, -0.2) is 0 Å². The molecule has 1 aromatic carbocycles. The summed E-state index contributed by atoms with van der Waals surface area (Å²) in [7, 11) is 5.21. The number of ether oxygens (including phenoxy) is 3. The molecule has 0 amide bonds. The Kier molecular flexibility index (Phi) is 10.1. The molecule has 29 heavy (non-hydrogen) atoms. The van der Waals surface area contributed by atoms with E-state index in [0.717, 1.165) is 68.6 Å². The summed E-state index contributed by atoms with van der Waals surface area (Å²) in [6.07, 6.45) is 5.94. The number of hydrogen-bond donors (Lipinski definition) is 2. The average Bonchev–Trinajstić information content (AvgIpc) is 3.26. The minimum atomic E-state index is 0. The van der Waals surface area contributed by atoms with Gasteiger partial charge in [0.1, 0.15) is 11.5 Å². The molecule has 2 aliphatic heterocycles. The van der Waals surface area contributed by atoms with Crippen molar-refractivity contribution in [2.75, 3.05) is 52.4 Å². The first-order valence-electron chi connectivity index (χ1n) is 10.3. The van der Waals surface area contributed by atoms with Gasteiger partial charge >= 0.3 is 0 Å². The summed E-state index contributed by atoms with van der Waals surface area (Å²) in [6.45, 7) is 3.78. The molecule has 7 nitrogen and oxygen atoms in total. The van der Waals surface area contributed by atoms with Crippen LogP contribution in [0.15, 0.2) is 23.2 Å². The van der Waals surface area contributed by atoms with Gasteiger partial charge in [0.15, 0.2) is 5.96 Å². The largest absolute Gasteiger partial charge is 0.497 e. The van der Waals surface area contributed by atoms with Crippen LogP contribution in [0.1, 0.15) is 32.1 Å². The van der Waals surface area contributed by atoms with Crippen LogP contribution in [-0.4, -0.2) is 65.6 Å². The molecular weight excluding hydrogens is 483 g/mol. The molecule has 0 radical (unpaired) electrons. The van der Waals surface area contributed by atoms with Gasteiger partial charge in [-0.1, -0.05) is 0 Å². The van der Waals surface area contributed by atoms with Gasteiger partial charge in [0, 0.05) is 63.2 Å². The van der Waals surface area contributed by atoms with E-state index in [4.69, 9.17) is 14.2 Å². The van der Waals surface area contributed by atoms with E-state index in [9.17, 15) is 0 Å². The van der Waals surface area contributed by atoms with Gasteiger partial charge in [-0.2, -0.15) is 0 Å². The number of nitrogens with one attached hydrogen (secondary N) is 2. The van der Waals surface area contributed by atoms with Crippen LogP contribution in [0.2, 0.25) is 0 Å². The van der Waals surface area contributed by atoms with Crippen molar-refractivity contribution in [1.82, 2.24) is 10.6 Å². The number of anilines is 1. The summed E-state index contributed by atoms with van der Waals surface area (Å²) in [5, 5.41) is 7.00. The second-order valence-corrected chi connectivity index (χ2v) is 7.40. The number of halogens is 1. The lowest BCUT2D eigenvalue weighted by atomic mass is 10.0. The van der Waals surface area contributed by atoms with Crippen LogP contribution in [0, 0.1) is 0 Å². The quantitative estimate of drug-likeness (QED) is 0.329. The number of hydrogen-bond acceptors (Lipinski definition) is 5. The van der Waals surface area contributed by atoms with Crippen LogP contribution in [-0.2, 0) is 4.74 Å². The zero-order chi connectivity index (χ0) is 19.8. The normalized spacial score (nSPS) is 20.2. The number of benzene rings is 1. The summed E-state index contributed by atoms with van der Waals surface area (Å²) in [5.41, 5.74) is 1.15. The van der Waals surface area contributed by atoms with Crippen LogP contribution in [0.25, 0.3) is 0 Å². The molecule has 0 aromatic heterocycles. The molecule has 2 heterocycles. The molecule has 0 saturated carbocycles. The molecule has 2 aliphatic rings. The standard InChI is InChI=1S/C21H34N4O3.HI/c1-22-21(23-9-6-18-5-4-12-28-18)24-16-7-10-25(11-8-16)17-13-19(26-2)15-20(14-17)27-3;/h13-16,18H,4-12H2,1-3H3,(H2,22,23,24);1H. The van der Waals surface area contributed by atoms with Crippen LogP contribution in [0.3, 0.4) is 0 Å². The fraction of sp³-hybridized carbons (Fsp3) is 0.667. The Morgan fingerprint density at radius 1 is 1.14 bits per heavy atom. The number of aliphatic imine (C=N–C) groups is 1. The molecule has 1 atom stereocenters. The number of rotatable bonds is 7. The first-order valence-corrected chi connectivity index (χ1v) is 10.3. The molecule has 0 bridgehead atoms. The van der Waals surface area contributed by atoms with Gasteiger partial charge in [0.25, 0.3) is 0 Å². The summed E-state index contributed by atoms with van der Waals surface area (Å²) < 4.78 is 16.5. The summed E-state index contributed by atoms with van der Waals surface area (Å²) in [4.78, 5) is 6.76. The van der Waals surface area contributed by atoms with Gasteiger partial charge in [-0.05, 0) is 32.1 Å².